The highest BCUT2D eigenvalue weighted by atomic mass is 35.5. The smallest absolute Gasteiger partial charge is 0.332 e. The normalized spacial score (nSPS) is 18.7. The zero-order valence-corrected chi connectivity index (χ0v) is 15.0. The van der Waals surface area contributed by atoms with E-state index < -0.39 is 26.7 Å². The molecule has 1 aliphatic heterocycles. The average Bonchev–Trinajstić information content (AvgIpc) is 2.54. The second-order valence-electron chi connectivity index (χ2n) is 6.03. The van der Waals surface area contributed by atoms with Crippen molar-refractivity contribution in [1.29, 1.82) is 5.26 Å². The first-order valence-electron chi connectivity index (χ1n) is 7.65. The molecule has 10 heteroatoms. The van der Waals surface area contributed by atoms with Crippen LogP contribution in [0.3, 0.4) is 0 Å². The molecular weight excluding hydrogens is 379 g/mol. The number of alkyl halides is 3. The number of hydrogen-bond donors (Lipinski definition) is 1. The van der Waals surface area contributed by atoms with Crippen LogP contribution >= 0.6 is 11.6 Å². The fourth-order valence-corrected chi connectivity index (χ4v) is 4.68. The van der Waals surface area contributed by atoms with Gasteiger partial charge in [0.05, 0.1) is 55.3 Å². The third-order valence-electron chi connectivity index (χ3n) is 4.12. The van der Waals surface area contributed by atoms with E-state index in [1.54, 1.807) is 6.92 Å². The van der Waals surface area contributed by atoms with E-state index in [1.165, 1.54) is 0 Å². The minimum Gasteiger partial charge on any atom is -0.332 e. The molecule has 1 heterocycles. The Labute approximate surface area is 149 Å². The summed E-state index contributed by atoms with van der Waals surface area (Å²) in [4.78, 5) is 0.563. The minimum absolute atomic E-state index is 0.143. The molecule has 1 fully saturated rings. The first-order chi connectivity index (χ1) is 11.6. The Kier molecular flexibility index (Phi) is 5.99. The topological polar surface area (TPSA) is 65.6 Å². The molecule has 138 valence electrons. The Morgan fingerprint density at radius 1 is 1.36 bits per heavy atom. The summed E-state index contributed by atoms with van der Waals surface area (Å²) in [6, 6.07) is 4.42. The van der Waals surface area contributed by atoms with Crippen LogP contribution in [0.15, 0.2) is 23.1 Å². The highest BCUT2D eigenvalue weighted by Gasteiger charge is 2.36. The number of rotatable bonds is 4. The lowest BCUT2D eigenvalue weighted by atomic mass is 10.2. The van der Waals surface area contributed by atoms with E-state index in [9.17, 15) is 21.6 Å². The van der Waals surface area contributed by atoms with E-state index in [2.05, 4.69) is 6.07 Å². The van der Waals surface area contributed by atoms with Crippen LogP contribution in [-0.2, 0) is 16.2 Å². The number of hydrogen-bond acceptors (Lipinski definition) is 3. The van der Waals surface area contributed by atoms with Gasteiger partial charge in [-0.25, -0.2) is 8.42 Å². The monoisotopic (exact) mass is 396 g/mol. The number of halogens is 4. The first-order valence-corrected chi connectivity index (χ1v) is 9.47. The van der Waals surface area contributed by atoms with Crippen molar-refractivity contribution in [3.8, 4) is 6.07 Å². The Bertz CT molecular complexity index is 769. The molecule has 0 aromatic heterocycles. The molecule has 0 amide bonds. The number of nitriles is 1. The van der Waals surface area contributed by atoms with Crippen molar-refractivity contribution in [3.05, 3.63) is 28.8 Å². The zero-order chi connectivity index (χ0) is 18.8. The average molecular weight is 397 g/mol. The van der Waals surface area contributed by atoms with Gasteiger partial charge in [-0.05, 0) is 25.1 Å². The molecule has 1 N–H and O–H groups in total. The van der Waals surface area contributed by atoms with Gasteiger partial charge >= 0.3 is 6.18 Å². The predicted octanol–water partition coefficient (Wildman–Crippen LogP) is 1.41. The van der Waals surface area contributed by atoms with Gasteiger partial charge in [-0.1, -0.05) is 11.6 Å². The van der Waals surface area contributed by atoms with E-state index >= 15 is 0 Å². The van der Waals surface area contributed by atoms with E-state index in [0.29, 0.717) is 25.7 Å². The van der Waals surface area contributed by atoms with Gasteiger partial charge in [-0.15, -0.1) is 0 Å². The lowest BCUT2D eigenvalue weighted by Crippen LogP contribution is -3.15. The maximum absolute atomic E-state index is 12.9. The van der Waals surface area contributed by atoms with Gasteiger partial charge in [0.1, 0.15) is 4.90 Å². The van der Waals surface area contributed by atoms with Crippen molar-refractivity contribution in [2.75, 3.05) is 32.7 Å². The Hall–Kier alpha value is -1.34. The lowest BCUT2D eigenvalue weighted by Gasteiger charge is -2.32. The van der Waals surface area contributed by atoms with Gasteiger partial charge in [0.25, 0.3) is 0 Å². The molecule has 0 unspecified atom stereocenters. The van der Waals surface area contributed by atoms with Crippen molar-refractivity contribution >= 4 is 21.6 Å². The molecule has 5 nitrogen and oxygen atoms in total. The Balaban J connectivity index is 2.19. The largest absolute Gasteiger partial charge is 0.416 e. The van der Waals surface area contributed by atoms with E-state index in [0.717, 1.165) is 21.3 Å². The summed E-state index contributed by atoms with van der Waals surface area (Å²) in [5, 5.41) is 8.61. The maximum atomic E-state index is 12.9. The maximum Gasteiger partial charge on any atom is 0.416 e. The molecule has 1 aliphatic rings. The Morgan fingerprint density at radius 2 is 1.96 bits per heavy atom. The summed E-state index contributed by atoms with van der Waals surface area (Å²) >= 11 is 5.85. The fraction of sp³-hybridized carbons (Fsp3) is 0.533. The molecule has 1 aromatic rings. The first kappa shape index (κ1) is 20.0. The molecule has 1 aromatic carbocycles. The molecule has 0 radical (unpaired) electrons. The van der Waals surface area contributed by atoms with Crippen LogP contribution in [0, 0.1) is 17.2 Å². The number of benzene rings is 1. The van der Waals surface area contributed by atoms with Crippen LogP contribution in [-0.4, -0.2) is 45.4 Å². The van der Waals surface area contributed by atoms with Crippen LogP contribution < -0.4 is 4.90 Å². The molecule has 1 saturated heterocycles. The van der Waals surface area contributed by atoms with Gasteiger partial charge in [0.15, 0.2) is 0 Å². The van der Waals surface area contributed by atoms with E-state index in [-0.39, 0.29) is 24.0 Å². The standard InChI is InChI=1S/C15H17ClF3N3O2S/c1-11(9-20)10-21-4-6-22(7-5-21)25(23,24)14-8-12(15(17,18)19)2-3-13(14)16/h2-3,8,11H,4-7,10H2,1H3/p+1/t11-/m1/s1. The molecule has 0 aliphatic carbocycles. The summed E-state index contributed by atoms with van der Waals surface area (Å²) in [5.41, 5.74) is -1.05. The van der Waals surface area contributed by atoms with Crippen LogP contribution in [0.5, 0.6) is 0 Å². The van der Waals surface area contributed by atoms with Crippen molar-refractivity contribution in [2.24, 2.45) is 5.92 Å². The lowest BCUT2D eigenvalue weighted by molar-refractivity contribution is -0.905. The van der Waals surface area contributed by atoms with Crippen LogP contribution in [0.25, 0.3) is 0 Å². The predicted molar refractivity (Wildman–Crippen MR) is 85.6 cm³/mol. The van der Waals surface area contributed by atoms with E-state index in [4.69, 9.17) is 16.9 Å². The highest BCUT2D eigenvalue weighted by Crippen LogP contribution is 2.34. The van der Waals surface area contributed by atoms with Crippen LogP contribution in [0.2, 0.25) is 5.02 Å². The van der Waals surface area contributed by atoms with Crippen molar-refractivity contribution < 1.29 is 26.5 Å². The summed E-state index contributed by atoms with van der Waals surface area (Å²) in [6.07, 6.45) is -4.65. The van der Waals surface area contributed by atoms with Crippen LogP contribution in [0.4, 0.5) is 13.2 Å². The third kappa shape index (κ3) is 4.64. The number of nitrogens with zero attached hydrogens (tertiary/aromatic N) is 2. The van der Waals surface area contributed by atoms with Gasteiger partial charge in [-0.3, -0.25) is 0 Å². The second-order valence-corrected chi connectivity index (χ2v) is 8.34. The van der Waals surface area contributed by atoms with Crippen molar-refractivity contribution in [1.82, 2.24) is 4.31 Å². The van der Waals surface area contributed by atoms with E-state index in [1.807, 2.05) is 0 Å². The quantitative estimate of drug-likeness (QED) is 0.836. The number of quaternary nitrogens is 1. The molecule has 0 saturated carbocycles. The van der Waals surface area contributed by atoms with Gasteiger partial charge in [0, 0.05) is 0 Å². The molecule has 25 heavy (non-hydrogen) atoms. The van der Waals surface area contributed by atoms with Gasteiger partial charge in [-0.2, -0.15) is 22.7 Å². The summed E-state index contributed by atoms with van der Waals surface area (Å²) < 4.78 is 65.1. The number of sulfonamides is 1. The zero-order valence-electron chi connectivity index (χ0n) is 13.5. The summed E-state index contributed by atoms with van der Waals surface area (Å²) in [7, 11) is -4.11. The van der Waals surface area contributed by atoms with Gasteiger partial charge in [0.2, 0.25) is 10.0 Å². The third-order valence-corrected chi connectivity index (χ3v) is 6.50. The molecule has 0 spiro atoms. The molecule has 0 bridgehead atoms. The molecular formula is C15H18ClF3N3O2S+. The molecule has 2 rings (SSSR count). The second kappa shape index (κ2) is 7.50. The summed E-state index contributed by atoms with van der Waals surface area (Å²) in [5.74, 6) is -0.143. The SMILES string of the molecule is C[C@H](C#N)C[NH+]1CCN(S(=O)(=O)c2cc(C(F)(F)F)ccc2Cl)CC1. The highest BCUT2D eigenvalue weighted by molar-refractivity contribution is 7.89. The van der Waals surface area contributed by atoms with Crippen molar-refractivity contribution in [3.63, 3.8) is 0 Å². The number of nitrogens with one attached hydrogen (secondary N) is 1. The van der Waals surface area contributed by atoms with Crippen LogP contribution in [0.1, 0.15) is 12.5 Å². The molecule has 1 atom stereocenters. The van der Waals surface area contributed by atoms with Crippen molar-refractivity contribution in [2.45, 2.75) is 18.0 Å². The fourth-order valence-electron chi connectivity index (χ4n) is 2.74. The Morgan fingerprint density at radius 3 is 2.48 bits per heavy atom. The van der Waals surface area contributed by atoms with Gasteiger partial charge < -0.3 is 4.90 Å². The number of piperazine rings is 1. The minimum atomic E-state index is -4.65. The summed E-state index contributed by atoms with van der Waals surface area (Å²) in [6.45, 7) is 3.71.